The summed E-state index contributed by atoms with van der Waals surface area (Å²) in [5.74, 6) is 5.45. The van der Waals surface area contributed by atoms with E-state index < -0.39 is 0 Å². The maximum atomic E-state index is 6.50. The second-order valence-corrected chi connectivity index (χ2v) is 15.5. The Morgan fingerprint density at radius 2 is 1.05 bits per heavy atom. The van der Waals surface area contributed by atoms with Crippen molar-refractivity contribution in [3.8, 4) is 68.2 Å². The van der Waals surface area contributed by atoms with Gasteiger partial charge >= 0.3 is 0 Å². The summed E-state index contributed by atoms with van der Waals surface area (Å²) in [7, 11) is 0.672. The molecule has 12 rings (SSSR count). The molecule has 284 valence electrons. The van der Waals surface area contributed by atoms with Crippen molar-refractivity contribution in [1.82, 2.24) is 0 Å². The summed E-state index contributed by atoms with van der Waals surface area (Å²) >= 11 is 0. The number of para-hydroxylation sites is 4. The summed E-state index contributed by atoms with van der Waals surface area (Å²) in [4.78, 5) is 2.33. The van der Waals surface area contributed by atoms with Crippen LogP contribution in [-0.2, 0) is 0 Å². The van der Waals surface area contributed by atoms with Crippen molar-refractivity contribution in [1.29, 1.82) is 0 Å². The van der Waals surface area contributed by atoms with E-state index in [1.165, 1.54) is 22.0 Å². The minimum atomic E-state index is 0.651. The van der Waals surface area contributed by atoms with Crippen LogP contribution >= 0.6 is 0 Å². The average molecular weight is 775 g/mol. The van der Waals surface area contributed by atoms with Crippen LogP contribution in [0.1, 0.15) is 5.56 Å². The molecular weight excluding hydrogens is 739 g/mol. The highest BCUT2D eigenvalue weighted by molar-refractivity contribution is 6.73. The normalized spacial score (nSPS) is 12.7. The van der Waals surface area contributed by atoms with E-state index in [9.17, 15) is 0 Å². The van der Waals surface area contributed by atoms with Crippen molar-refractivity contribution in [3.05, 3.63) is 188 Å². The number of ether oxygens (including phenoxy) is 4. The lowest BCUT2D eigenvalue weighted by Crippen LogP contribution is -2.41. The number of fused-ring (bicyclic) bond motifs is 7. The smallest absolute Gasteiger partial charge is 0.198 e. The van der Waals surface area contributed by atoms with E-state index in [2.05, 4.69) is 138 Å². The molecule has 60 heavy (non-hydrogen) atoms. The molecule has 0 saturated heterocycles. The van der Waals surface area contributed by atoms with Crippen molar-refractivity contribution in [2.75, 3.05) is 10.2 Å². The molecule has 3 aliphatic rings. The van der Waals surface area contributed by atoms with Gasteiger partial charge in [-0.15, -0.1) is 0 Å². The molecule has 1 N–H and O–H groups in total. The number of hydrogen-bond acceptors (Lipinski definition) is 6. The Balaban J connectivity index is 1.03. The van der Waals surface area contributed by atoms with Crippen molar-refractivity contribution >= 4 is 57.4 Å². The molecule has 0 spiro atoms. The van der Waals surface area contributed by atoms with Crippen LogP contribution in [0.15, 0.2) is 182 Å². The maximum absolute atomic E-state index is 6.50. The lowest BCUT2D eigenvalue weighted by atomic mass is 9.58. The maximum Gasteiger partial charge on any atom is 0.198 e. The summed E-state index contributed by atoms with van der Waals surface area (Å²) in [6.45, 7) is 2.18. The van der Waals surface area contributed by atoms with Crippen LogP contribution in [0.25, 0.3) is 33.0 Å². The van der Waals surface area contributed by atoms with Crippen molar-refractivity contribution in [3.63, 3.8) is 0 Å². The van der Waals surface area contributed by atoms with E-state index >= 15 is 0 Å². The third-order valence-corrected chi connectivity index (χ3v) is 11.6. The minimum absolute atomic E-state index is 0.651. The second kappa shape index (κ2) is 13.6. The summed E-state index contributed by atoms with van der Waals surface area (Å²) in [5, 5.41) is 6.21. The van der Waals surface area contributed by atoms with Gasteiger partial charge in [0.2, 0.25) is 0 Å². The van der Waals surface area contributed by atoms with Gasteiger partial charge in [0, 0.05) is 40.1 Å². The quantitative estimate of drug-likeness (QED) is 0.176. The average Bonchev–Trinajstić information content (AvgIpc) is 3.29. The second-order valence-electron chi connectivity index (χ2n) is 15.5. The molecule has 6 nitrogen and oxygen atoms in total. The highest BCUT2D eigenvalue weighted by Crippen LogP contribution is 2.51. The van der Waals surface area contributed by atoms with Gasteiger partial charge in [-0.25, -0.2) is 0 Å². The van der Waals surface area contributed by atoms with E-state index in [0.717, 1.165) is 56.0 Å². The Hall–Kier alpha value is -7.90. The molecule has 0 saturated carbocycles. The molecule has 0 atom stereocenters. The summed E-state index contributed by atoms with van der Waals surface area (Å²) < 4.78 is 25.8. The summed E-state index contributed by atoms with van der Waals surface area (Å²) in [6.07, 6.45) is 0. The fourth-order valence-electron chi connectivity index (χ4n) is 8.78. The first-order valence-electron chi connectivity index (χ1n) is 20.2. The van der Waals surface area contributed by atoms with E-state index in [-0.39, 0.29) is 0 Å². The molecule has 0 unspecified atom stereocenters. The third-order valence-electron chi connectivity index (χ3n) is 11.6. The van der Waals surface area contributed by atoms with E-state index in [0.29, 0.717) is 53.3 Å². The predicted octanol–water partition coefficient (Wildman–Crippen LogP) is 13.2. The summed E-state index contributed by atoms with van der Waals surface area (Å²) in [5.41, 5.74) is 13.2. The lowest BCUT2D eigenvalue weighted by molar-refractivity contribution is 0.359. The zero-order valence-corrected chi connectivity index (χ0v) is 32.6. The van der Waals surface area contributed by atoms with Gasteiger partial charge in [0.1, 0.15) is 0 Å². The number of anilines is 5. The third kappa shape index (κ3) is 5.74. The van der Waals surface area contributed by atoms with Gasteiger partial charge in [0.15, 0.2) is 53.3 Å². The van der Waals surface area contributed by atoms with Gasteiger partial charge in [-0.1, -0.05) is 115 Å². The molecule has 0 aromatic heterocycles. The van der Waals surface area contributed by atoms with Gasteiger partial charge in [-0.2, -0.15) is 0 Å². The van der Waals surface area contributed by atoms with Crippen LogP contribution < -0.4 is 40.1 Å². The van der Waals surface area contributed by atoms with E-state index in [4.69, 9.17) is 18.9 Å². The molecule has 9 aromatic carbocycles. The lowest BCUT2D eigenvalue weighted by Gasteiger charge is -2.36. The number of benzene rings is 9. The van der Waals surface area contributed by atoms with Crippen LogP contribution in [-0.4, -0.2) is 7.28 Å². The molecule has 0 aliphatic carbocycles. The number of nitrogens with zero attached hydrogens (tertiary/aromatic N) is 1. The Bertz CT molecular complexity index is 3180. The predicted molar refractivity (Wildman–Crippen MR) is 244 cm³/mol. The van der Waals surface area contributed by atoms with Crippen molar-refractivity contribution < 1.29 is 18.9 Å². The highest BCUT2D eigenvalue weighted by Gasteiger charge is 2.33. The van der Waals surface area contributed by atoms with Crippen molar-refractivity contribution in [2.24, 2.45) is 0 Å². The Morgan fingerprint density at radius 1 is 0.450 bits per heavy atom. The Morgan fingerprint density at radius 3 is 1.78 bits per heavy atom. The molecule has 9 aromatic rings. The van der Waals surface area contributed by atoms with Crippen LogP contribution in [0.2, 0.25) is 0 Å². The number of aryl methyl sites for hydroxylation is 1. The number of hydrogen-bond donors (Lipinski definition) is 1. The summed E-state index contributed by atoms with van der Waals surface area (Å²) in [6, 6.07) is 62.9. The van der Waals surface area contributed by atoms with Crippen LogP contribution in [0.3, 0.4) is 0 Å². The molecule has 0 bridgehead atoms. The number of nitrogens with one attached hydrogen (secondary N) is 1. The molecule has 0 radical (unpaired) electrons. The van der Waals surface area contributed by atoms with E-state index in [1.807, 2.05) is 60.7 Å². The molecule has 7 heteroatoms. The first-order valence-corrected chi connectivity index (χ1v) is 20.2. The fourth-order valence-corrected chi connectivity index (χ4v) is 8.78. The monoisotopic (exact) mass is 774 g/mol. The molecule has 0 amide bonds. The fraction of sp³-hybridized carbons (Fsp3) is 0.0189. The zero-order chi connectivity index (χ0) is 39.7. The Kier molecular flexibility index (Phi) is 7.75. The van der Waals surface area contributed by atoms with Gasteiger partial charge in [-0.3, -0.25) is 0 Å². The topological polar surface area (TPSA) is 52.2 Å². The van der Waals surface area contributed by atoms with Crippen LogP contribution in [0, 0.1) is 6.92 Å². The first kappa shape index (κ1) is 34.2. The number of rotatable bonds is 5. The largest absolute Gasteiger partial charge is 0.450 e. The van der Waals surface area contributed by atoms with Crippen LogP contribution in [0.5, 0.6) is 46.0 Å². The van der Waals surface area contributed by atoms with Gasteiger partial charge < -0.3 is 29.2 Å². The minimum Gasteiger partial charge on any atom is -0.450 e. The molecule has 3 aliphatic heterocycles. The van der Waals surface area contributed by atoms with Gasteiger partial charge in [0.05, 0.1) is 11.4 Å². The molecular formula is C53H35BN2O4. The van der Waals surface area contributed by atoms with E-state index in [1.54, 1.807) is 0 Å². The van der Waals surface area contributed by atoms with Crippen molar-refractivity contribution in [2.45, 2.75) is 6.92 Å². The van der Waals surface area contributed by atoms with Gasteiger partial charge in [-0.05, 0) is 101 Å². The zero-order valence-electron chi connectivity index (χ0n) is 32.6. The van der Waals surface area contributed by atoms with Crippen LogP contribution in [0.4, 0.5) is 28.4 Å². The standard InChI is InChI=1S/C53H35BN2O4/c1-32-27-40(39-25-21-35-13-5-6-14-38(35)53(39)55-36-22-19-34(20-23-36)33-11-3-2-4-12-33)52-43(28-32)56(37-24-26-48-49(29-37)58-45-16-8-7-15-44(45)57-48)42-31-51-50(30-41(42)54-52)59-46-17-9-10-18-47(46)60-51/h2-31,54-55H,1H3. The first-order chi connectivity index (χ1) is 29.6. The molecule has 3 heterocycles. The highest BCUT2D eigenvalue weighted by atomic mass is 16.6. The SMILES string of the molecule is Cc1cc(-c2ccc3ccccc3c2Nc2ccc(-c3ccccc3)cc2)c2c(c1)N(c1ccc3c(c1)Oc1ccccc1O3)c1cc3c(cc1B2)Oc1ccccc1O3. The Labute approximate surface area is 348 Å². The van der Waals surface area contributed by atoms with Gasteiger partial charge in [0.25, 0.3) is 0 Å². The molecule has 0 fully saturated rings.